The lowest BCUT2D eigenvalue weighted by Gasteiger charge is -2.33. The Morgan fingerprint density at radius 1 is 1.14 bits per heavy atom. The summed E-state index contributed by atoms with van der Waals surface area (Å²) in [5.41, 5.74) is 1.79. The number of benzene rings is 2. The van der Waals surface area contributed by atoms with E-state index in [0.717, 1.165) is 37.0 Å². The Balaban J connectivity index is 1.31. The number of H-pyrrole nitrogens is 1. The van der Waals surface area contributed by atoms with Crippen LogP contribution in [0.3, 0.4) is 0 Å². The van der Waals surface area contributed by atoms with Crippen molar-refractivity contribution in [3.63, 3.8) is 0 Å². The van der Waals surface area contributed by atoms with Crippen molar-refractivity contribution in [1.29, 1.82) is 0 Å². The number of imidazole rings is 1. The number of hydrogen-bond acceptors (Lipinski definition) is 4. The molecule has 1 fully saturated rings. The Labute approximate surface area is 168 Å². The van der Waals surface area contributed by atoms with E-state index in [0.29, 0.717) is 17.3 Å². The molecule has 0 spiro atoms. The molecular formula is C21H24ClN3O3. The second kappa shape index (κ2) is 8.39. The number of nitrogens with one attached hydrogen (secondary N) is 1. The average Bonchev–Trinajstić information content (AvgIpc) is 3.04. The molecule has 2 aromatic carbocycles. The summed E-state index contributed by atoms with van der Waals surface area (Å²) in [6.45, 7) is 2.41. The number of fused-ring (bicyclic) bond motifs is 1. The van der Waals surface area contributed by atoms with E-state index in [9.17, 15) is 9.90 Å². The van der Waals surface area contributed by atoms with E-state index in [1.165, 1.54) is 0 Å². The van der Waals surface area contributed by atoms with Gasteiger partial charge in [-0.3, -0.25) is 4.57 Å². The number of ether oxygens (including phenoxy) is 1. The van der Waals surface area contributed by atoms with Crippen molar-refractivity contribution in [1.82, 2.24) is 14.5 Å². The number of rotatable bonds is 6. The van der Waals surface area contributed by atoms with Crippen molar-refractivity contribution < 1.29 is 9.84 Å². The summed E-state index contributed by atoms with van der Waals surface area (Å²) < 4.78 is 7.50. The van der Waals surface area contributed by atoms with Crippen molar-refractivity contribution in [2.45, 2.75) is 25.0 Å². The highest BCUT2D eigenvalue weighted by atomic mass is 35.5. The van der Waals surface area contributed by atoms with Gasteiger partial charge in [0, 0.05) is 25.7 Å². The molecule has 7 heteroatoms. The maximum atomic E-state index is 12.4. The van der Waals surface area contributed by atoms with Crippen LogP contribution >= 0.6 is 11.6 Å². The number of aromatic amines is 1. The van der Waals surface area contributed by atoms with Crippen LogP contribution in [-0.4, -0.2) is 51.9 Å². The maximum absolute atomic E-state index is 12.4. The van der Waals surface area contributed by atoms with Gasteiger partial charge in [0.2, 0.25) is 0 Å². The van der Waals surface area contributed by atoms with Gasteiger partial charge in [-0.15, -0.1) is 0 Å². The van der Waals surface area contributed by atoms with Crippen LogP contribution in [-0.2, 0) is 0 Å². The van der Waals surface area contributed by atoms with E-state index in [1.54, 1.807) is 12.1 Å². The van der Waals surface area contributed by atoms with Crippen molar-refractivity contribution in [2.24, 2.45) is 0 Å². The third kappa shape index (κ3) is 4.09. The molecule has 28 heavy (non-hydrogen) atoms. The van der Waals surface area contributed by atoms with Gasteiger partial charge in [0.05, 0.1) is 16.1 Å². The quantitative estimate of drug-likeness (QED) is 0.666. The Hall–Kier alpha value is -2.28. The summed E-state index contributed by atoms with van der Waals surface area (Å²) in [6, 6.07) is 15.2. The number of aromatic nitrogens is 2. The zero-order valence-electron chi connectivity index (χ0n) is 15.6. The molecule has 0 amide bonds. The molecule has 1 aromatic heterocycles. The molecule has 1 atom stereocenters. The first-order valence-electron chi connectivity index (χ1n) is 9.59. The second-order valence-corrected chi connectivity index (χ2v) is 7.65. The zero-order valence-corrected chi connectivity index (χ0v) is 16.3. The van der Waals surface area contributed by atoms with Gasteiger partial charge in [-0.1, -0.05) is 35.9 Å². The molecular weight excluding hydrogens is 378 g/mol. The first kappa shape index (κ1) is 19.1. The fraction of sp³-hybridized carbons (Fsp3) is 0.381. The highest BCUT2D eigenvalue weighted by Gasteiger charge is 2.24. The van der Waals surface area contributed by atoms with Crippen LogP contribution in [0.2, 0.25) is 5.02 Å². The summed E-state index contributed by atoms with van der Waals surface area (Å²) in [5.74, 6) is 0.584. The zero-order chi connectivity index (χ0) is 19.5. The summed E-state index contributed by atoms with van der Waals surface area (Å²) in [6.07, 6.45) is 1.16. The highest BCUT2D eigenvalue weighted by molar-refractivity contribution is 6.32. The fourth-order valence-electron chi connectivity index (χ4n) is 3.90. The van der Waals surface area contributed by atoms with Crippen molar-refractivity contribution >= 4 is 22.6 Å². The fourth-order valence-corrected chi connectivity index (χ4v) is 4.09. The molecule has 3 aromatic rings. The molecule has 148 valence electrons. The van der Waals surface area contributed by atoms with Crippen LogP contribution in [0.1, 0.15) is 18.9 Å². The van der Waals surface area contributed by atoms with Gasteiger partial charge in [0.25, 0.3) is 0 Å². The standard InChI is InChI=1S/C21H24ClN3O3/c22-17-5-1-4-8-20(17)28-14-16(26)13-24-11-9-15(10-12-24)25-19-7-3-2-6-18(19)23-21(25)27/h1-8,15-16,26H,9-14H2,(H,23,27). The van der Waals surface area contributed by atoms with Gasteiger partial charge in [-0.25, -0.2) is 4.79 Å². The largest absolute Gasteiger partial charge is 0.489 e. The second-order valence-electron chi connectivity index (χ2n) is 7.24. The van der Waals surface area contributed by atoms with Crippen molar-refractivity contribution in [3.8, 4) is 5.75 Å². The van der Waals surface area contributed by atoms with E-state index < -0.39 is 6.10 Å². The molecule has 6 nitrogen and oxygen atoms in total. The number of aliphatic hydroxyl groups is 1. The van der Waals surface area contributed by atoms with E-state index in [4.69, 9.17) is 16.3 Å². The summed E-state index contributed by atoms with van der Waals surface area (Å²) >= 11 is 6.07. The minimum absolute atomic E-state index is 0.0483. The molecule has 2 heterocycles. The van der Waals surface area contributed by atoms with Gasteiger partial charge in [0.1, 0.15) is 18.5 Å². The summed E-state index contributed by atoms with van der Waals surface area (Å²) in [4.78, 5) is 17.5. The van der Waals surface area contributed by atoms with E-state index in [1.807, 2.05) is 41.0 Å². The van der Waals surface area contributed by atoms with Gasteiger partial charge in [0.15, 0.2) is 0 Å². The van der Waals surface area contributed by atoms with Gasteiger partial charge in [-0.2, -0.15) is 0 Å². The predicted molar refractivity (Wildman–Crippen MR) is 110 cm³/mol. The Bertz CT molecular complexity index is 992. The van der Waals surface area contributed by atoms with Crippen LogP contribution in [0.15, 0.2) is 53.3 Å². The van der Waals surface area contributed by atoms with Crippen LogP contribution < -0.4 is 10.4 Å². The molecule has 1 aliphatic heterocycles. The molecule has 1 saturated heterocycles. The number of halogens is 1. The highest BCUT2D eigenvalue weighted by Crippen LogP contribution is 2.25. The minimum Gasteiger partial charge on any atom is -0.489 e. The van der Waals surface area contributed by atoms with Gasteiger partial charge < -0.3 is 19.7 Å². The third-order valence-electron chi connectivity index (χ3n) is 5.28. The van der Waals surface area contributed by atoms with Gasteiger partial charge in [-0.05, 0) is 37.1 Å². The molecule has 0 bridgehead atoms. The van der Waals surface area contributed by atoms with E-state index in [-0.39, 0.29) is 18.3 Å². The van der Waals surface area contributed by atoms with Crippen LogP contribution in [0.5, 0.6) is 5.75 Å². The molecule has 2 N–H and O–H groups in total. The number of aliphatic hydroxyl groups excluding tert-OH is 1. The molecule has 1 unspecified atom stereocenters. The van der Waals surface area contributed by atoms with Crippen LogP contribution in [0, 0.1) is 0 Å². The Morgan fingerprint density at radius 3 is 2.64 bits per heavy atom. The number of piperidine rings is 1. The Morgan fingerprint density at radius 2 is 1.86 bits per heavy atom. The van der Waals surface area contributed by atoms with Crippen molar-refractivity contribution in [3.05, 3.63) is 64.0 Å². The topological polar surface area (TPSA) is 70.5 Å². The Kier molecular flexibility index (Phi) is 5.71. The number of para-hydroxylation sites is 3. The predicted octanol–water partition coefficient (Wildman–Crippen LogP) is 3.06. The average molecular weight is 402 g/mol. The number of β-amino-alcohol motifs (C(OH)–C–C–N with tert-alkyl or cyclic N) is 1. The monoisotopic (exact) mass is 401 g/mol. The smallest absolute Gasteiger partial charge is 0.326 e. The lowest BCUT2D eigenvalue weighted by atomic mass is 10.0. The lowest BCUT2D eigenvalue weighted by molar-refractivity contribution is 0.0559. The van der Waals surface area contributed by atoms with Crippen LogP contribution in [0.25, 0.3) is 11.0 Å². The lowest BCUT2D eigenvalue weighted by Crippen LogP contribution is -2.42. The van der Waals surface area contributed by atoms with E-state index in [2.05, 4.69) is 9.88 Å². The molecule has 0 saturated carbocycles. The first-order valence-corrected chi connectivity index (χ1v) is 9.96. The first-order chi connectivity index (χ1) is 13.6. The third-order valence-corrected chi connectivity index (χ3v) is 5.60. The normalized spacial score (nSPS) is 17.1. The van der Waals surface area contributed by atoms with Gasteiger partial charge >= 0.3 is 5.69 Å². The van der Waals surface area contributed by atoms with Crippen molar-refractivity contribution in [2.75, 3.05) is 26.2 Å². The number of hydrogen-bond donors (Lipinski definition) is 2. The minimum atomic E-state index is -0.594. The van der Waals surface area contributed by atoms with E-state index >= 15 is 0 Å². The van der Waals surface area contributed by atoms with Crippen LogP contribution in [0.4, 0.5) is 0 Å². The SMILES string of the molecule is O=c1[nH]c2ccccc2n1C1CCN(CC(O)COc2ccccc2Cl)CC1. The summed E-state index contributed by atoms with van der Waals surface area (Å²) in [5, 5.41) is 10.9. The number of nitrogens with zero attached hydrogens (tertiary/aromatic N) is 2. The summed E-state index contributed by atoms with van der Waals surface area (Å²) in [7, 11) is 0. The molecule has 4 rings (SSSR count). The maximum Gasteiger partial charge on any atom is 0.326 e. The molecule has 0 aliphatic carbocycles. The number of likely N-dealkylation sites (tertiary alicyclic amines) is 1. The molecule has 1 aliphatic rings. The molecule has 0 radical (unpaired) electrons.